The van der Waals surface area contributed by atoms with E-state index in [-0.39, 0.29) is 10.8 Å². The van der Waals surface area contributed by atoms with E-state index in [1.165, 1.54) is 27.6 Å². The van der Waals surface area contributed by atoms with Crippen LogP contribution >= 0.6 is 0 Å². The number of nitrogens with zero attached hydrogens (tertiary/aromatic N) is 4. The van der Waals surface area contributed by atoms with Crippen molar-refractivity contribution in [3.8, 4) is 51.0 Å². The van der Waals surface area contributed by atoms with Crippen LogP contribution in [0.4, 0.5) is 0 Å². The zero-order valence-electron chi connectivity index (χ0n) is 28.9. The van der Waals surface area contributed by atoms with Crippen LogP contribution in [0.5, 0.6) is 0 Å². The van der Waals surface area contributed by atoms with E-state index in [1.807, 2.05) is 18.2 Å². The highest BCUT2D eigenvalue weighted by molar-refractivity contribution is 6.10. The van der Waals surface area contributed by atoms with Gasteiger partial charge in [-0.15, -0.1) is 0 Å². The van der Waals surface area contributed by atoms with Crippen LogP contribution in [0, 0.1) is 0 Å². The normalized spacial score (nSPS) is 14.6. The standard InChI is InChI=1S/C46H38N4/c1-45(2)29-46(3,4)39-28-34(22-24-38(39)45)44-48-42(31-16-9-6-10-17-31)47-43(49-44)33-23-25-41-37(27-33)36-20-11-12-21-40(36)50(41)35-19-13-18-32(26-35)30-14-7-5-8-15-30/h5-28H,29H2,1-4H3. The first kappa shape index (κ1) is 30.2. The molecule has 0 spiro atoms. The minimum absolute atomic E-state index is 0.0762. The van der Waals surface area contributed by atoms with Gasteiger partial charge in [-0.25, -0.2) is 15.0 Å². The molecule has 2 aromatic heterocycles. The molecule has 0 fully saturated rings. The van der Waals surface area contributed by atoms with Gasteiger partial charge in [-0.3, -0.25) is 0 Å². The molecule has 0 saturated heterocycles. The minimum atomic E-state index is 0.0762. The van der Waals surface area contributed by atoms with E-state index in [1.54, 1.807) is 0 Å². The van der Waals surface area contributed by atoms with Crippen molar-refractivity contribution in [2.45, 2.75) is 44.9 Å². The molecule has 4 heteroatoms. The Bertz CT molecular complexity index is 2560. The van der Waals surface area contributed by atoms with Crippen molar-refractivity contribution >= 4 is 21.8 Å². The summed E-state index contributed by atoms with van der Waals surface area (Å²) in [4.78, 5) is 15.3. The maximum absolute atomic E-state index is 5.18. The summed E-state index contributed by atoms with van der Waals surface area (Å²) in [7, 11) is 0. The van der Waals surface area contributed by atoms with E-state index < -0.39 is 0 Å². The fourth-order valence-corrected chi connectivity index (χ4v) is 8.32. The lowest BCUT2D eigenvalue weighted by atomic mass is 9.82. The highest BCUT2D eigenvalue weighted by atomic mass is 15.0. The second-order valence-corrected chi connectivity index (χ2v) is 14.9. The number of para-hydroxylation sites is 1. The molecule has 0 radical (unpaired) electrons. The van der Waals surface area contributed by atoms with Crippen LogP contribution in [0.1, 0.15) is 45.2 Å². The fourth-order valence-electron chi connectivity index (χ4n) is 8.32. The van der Waals surface area contributed by atoms with Crippen LogP contribution in [0.3, 0.4) is 0 Å². The second kappa shape index (κ2) is 11.3. The van der Waals surface area contributed by atoms with Crippen LogP contribution < -0.4 is 0 Å². The quantitative estimate of drug-likeness (QED) is 0.187. The molecule has 0 saturated carbocycles. The molecule has 50 heavy (non-hydrogen) atoms. The van der Waals surface area contributed by atoms with Gasteiger partial charge < -0.3 is 4.57 Å². The maximum Gasteiger partial charge on any atom is 0.164 e. The zero-order chi connectivity index (χ0) is 34.0. The Morgan fingerprint density at radius 1 is 0.420 bits per heavy atom. The molecule has 0 amide bonds. The van der Waals surface area contributed by atoms with Gasteiger partial charge in [-0.1, -0.05) is 131 Å². The summed E-state index contributed by atoms with van der Waals surface area (Å²) in [5, 5.41) is 2.35. The first-order valence-corrected chi connectivity index (χ1v) is 17.4. The SMILES string of the molecule is CC1(C)CC(C)(C)c2cc(-c3nc(-c4ccccc4)nc(-c4ccc5c(c4)c4ccccc4n5-c4cccc(-c5ccccc5)c4)n3)ccc21. The zero-order valence-corrected chi connectivity index (χ0v) is 28.9. The highest BCUT2D eigenvalue weighted by Crippen LogP contribution is 2.50. The van der Waals surface area contributed by atoms with Gasteiger partial charge in [-0.2, -0.15) is 0 Å². The average molecular weight is 647 g/mol. The van der Waals surface area contributed by atoms with E-state index >= 15 is 0 Å². The van der Waals surface area contributed by atoms with Gasteiger partial charge in [0, 0.05) is 33.2 Å². The van der Waals surface area contributed by atoms with Crippen molar-refractivity contribution in [3.63, 3.8) is 0 Å². The Morgan fingerprint density at radius 3 is 1.72 bits per heavy atom. The van der Waals surface area contributed by atoms with E-state index in [2.05, 4.69) is 160 Å². The summed E-state index contributed by atoms with van der Waals surface area (Å²) in [5.41, 5.74) is 11.8. The van der Waals surface area contributed by atoms with Gasteiger partial charge in [0.05, 0.1) is 11.0 Å². The number of hydrogen-bond donors (Lipinski definition) is 0. The smallest absolute Gasteiger partial charge is 0.164 e. The van der Waals surface area contributed by atoms with E-state index in [9.17, 15) is 0 Å². The largest absolute Gasteiger partial charge is 0.309 e. The van der Waals surface area contributed by atoms with Crippen LogP contribution in [0.2, 0.25) is 0 Å². The fraction of sp³-hybridized carbons (Fsp3) is 0.152. The predicted octanol–water partition coefficient (Wildman–Crippen LogP) is 11.6. The summed E-state index contributed by atoms with van der Waals surface area (Å²) >= 11 is 0. The second-order valence-electron chi connectivity index (χ2n) is 14.9. The summed E-state index contributed by atoms with van der Waals surface area (Å²) in [6.45, 7) is 9.40. The third-order valence-electron chi connectivity index (χ3n) is 10.4. The third kappa shape index (κ3) is 5.02. The summed E-state index contributed by atoms with van der Waals surface area (Å²) in [6, 6.07) is 51.6. The molecular weight excluding hydrogens is 609 g/mol. The summed E-state index contributed by atoms with van der Waals surface area (Å²) in [6.07, 6.45) is 1.11. The molecule has 0 N–H and O–H groups in total. The maximum atomic E-state index is 5.18. The molecule has 1 aliphatic carbocycles. The molecular formula is C46H38N4. The molecule has 0 unspecified atom stereocenters. The molecule has 8 aromatic rings. The Morgan fingerprint density at radius 2 is 0.980 bits per heavy atom. The molecule has 1 aliphatic rings. The van der Waals surface area contributed by atoms with Crippen molar-refractivity contribution in [1.82, 2.24) is 19.5 Å². The predicted molar refractivity (Wildman–Crippen MR) is 207 cm³/mol. The molecule has 0 bridgehead atoms. The summed E-state index contributed by atoms with van der Waals surface area (Å²) in [5.74, 6) is 2.03. The Kier molecular flexibility index (Phi) is 6.86. The number of benzene rings is 6. The molecule has 9 rings (SSSR count). The lowest BCUT2D eigenvalue weighted by molar-refractivity contribution is 0.403. The number of rotatable bonds is 5. The number of hydrogen-bond acceptors (Lipinski definition) is 3. The van der Waals surface area contributed by atoms with Crippen LogP contribution in [0.25, 0.3) is 72.8 Å². The van der Waals surface area contributed by atoms with E-state index in [0.29, 0.717) is 17.5 Å². The van der Waals surface area contributed by atoms with Crippen molar-refractivity contribution in [3.05, 3.63) is 157 Å². The van der Waals surface area contributed by atoms with E-state index in [4.69, 9.17) is 15.0 Å². The van der Waals surface area contributed by atoms with Crippen molar-refractivity contribution in [1.29, 1.82) is 0 Å². The first-order chi connectivity index (χ1) is 24.2. The van der Waals surface area contributed by atoms with E-state index in [0.717, 1.165) is 45.2 Å². The van der Waals surface area contributed by atoms with Gasteiger partial charge in [0.1, 0.15) is 0 Å². The van der Waals surface area contributed by atoms with Crippen molar-refractivity contribution in [2.24, 2.45) is 0 Å². The third-order valence-corrected chi connectivity index (χ3v) is 10.4. The van der Waals surface area contributed by atoms with Crippen molar-refractivity contribution < 1.29 is 0 Å². The van der Waals surface area contributed by atoms with Crippen LogP contribution in [-0.2, 0) is 10.8 Å². The monoisotopic (exact) mass is 646 g/mol. The molecule has 0 aliphatic heterocycles. The van der Waals surface area contributed by atoms with Gasteiger partial charge in [0.15, 0.2) is 17.5 Å². The number of aromatic nitrogens is 4. The van der Waals surface area contributed by atoms with Crippen molar-refractivity contribution in [2.75, 3.05) is 0 Å². The Hall–Kier alpha value is -5.87. The molecule has 6 aromatic carbocycles. The Labute approximate surface area is 293 Å². The minimum Gasteiger partial charge on any atom is -0.309 e. The lowest BCUT2D eigenvalue weighted by Crippen LogP contribution is -2.17. The lowest BCUT2D eigenvalue weighted by Gasteiger charge is -2.22. The molecule has 4 nitrogen and oxygen atoms in total. The van der Waals surface area contributed by atoms with Gasteiger partial charge >= 0.3 is 0 Å². The first-order valence-electron chi connectivity index (χ1n) is 17.4. The van der Waals surface area contributed by atoms with Gasteiger partial charge in [0.2, 0.25) is 0 Å². The summed E-state index contributed by atoms with van der Waals surface area (Å²) < 4.78 is 2.36. The molecule has 0 atom stereocenters. The van der Waals surface area contributed by atoms with Crippen LogP contribution in [0.15, 0.2) is 146 Å². The molecule has 242 valence electrons. The number of fused-ring (bicyclic) bond motifs is 4. The Balaban J connectivity index is 1.22. The van der Waals surface area contributed by atoms with Crippen LogP contribution in [-0.4, -0.2) is 19.5 Å². The highest BCUT2D eigenvalue weighted by Gasteiger charge is 2.41. The average Bonchev–Trinajstić information content (AvgIpc) is 3.58. The van der Waals surface area contributed by atoms with Gasteiger partial charge in [0.25, 0.3) is 0 Å². The molecule has 2 heterocycles. The topological polar surface area (TPSA) is 43.6 Å². The van der Waals surface area contributed by atoms with Gasteiger partial charge in [-0.05, 0) is 82.0 Å².